The molecule has 1 aliphatic rings. The molecule has 0 unspecified atom stereocenters. The summed E-state index contributed by atoms with van der Waals surface area (Å²) in [5.41, 5.74) is 2.65. The molecule has 4 rings (SSSR count). The summed E-state index contributed by atoms with van der Waals surface area (Å²) in [6.45, 7) is 9.11. The summed E-state index contributed by atoms with van der Waals surface area (Å²) < 4.78 is 7.91. The van der Waals surface area contributed by atoms with Crippen LogP contribution < -0.4 is 10.1 Å². The van der Waals surface area contributed by atoms with Crippen LogP contribution in [0.15, 0.2) is 61.1 Å². The molecule has 1 aromatic heterocycles. The number of aromatic nitrogens is 2. The van der Waals surface area contributed by atoms with Crippen LogP contribution in [-0.4, -0.2) is 15.5 Å². The van der Waals surface area contributed by atoms with E-state index in [4.69, 9.17) is 4.74 Å². The number of hydrogen-bond acceptors (Lipinski definition) is 3. The zero-order valence-corrected chi connectivity index (χ0v) is 16.4. The lowest BCUT2D eigenvalue weighted by atomic mass is 10.2. The number of nitrogens with zero attached hydrogens (tertiary/aromatic N) is 2. The van der Waals surface area contributed by atoms with E-state index in [2.05, 4.69) is 10.3 Å². The van der Waals surface area contributed by atoms with Crippen molar-refractivity contribution < 1.29 is 9.53 Å². The van der Waals surface area contributed by atoms with Crippen LogP contribution in [0.3, 0.4) is 0 Å². The van der Waals surface area contributed by atoms with Gasteiger partial charge in [0.25, 0.3) is 5.91 Å². The maximum Gasteiger partial charge on any atom is 0.251 e. The summed E-state index contributed by atoms with van der Waals surface area (Å²) in [6.07, 6.45) is 3.55. The highest BCUT2D eigenvalue weighted by Gasteiger charge is 2.11. The van der Waals surface area contributed by atoms with Crippen molar-refractivity contribution in [3.05, 3.63) is 77.9 Å². The average Bonchev–Trinajstić information content (AvgIpc) is 3.16. The molecule has 0 aliphatic carbocycles. The number of amides is 1. The minimum absolute atomic E-state index is 0.130. The number of benzene rings is 2. The van der Waals surface area contributed by atoms with Crippen LogP contribution in [0.5, 0.6) is 11.5 Å². The predicted molar refractivity (Wildman–Crippen MR) is 108 cm³/mol. The predicted octanol–water partition coefficient (Wildman–Crippen LogP) is 5.02. The first-order chi connectivity index (χ1) is 13.3. The number of ether oxygens (including phenoxy) is 1. The second kappa shape index (κ2) is 10.2. The molecule has 0 spiro atoms. The molecule has 0 radical (unpaired) electrons. The van der Waals surface area contributed by atoms with Gasteiger partial charge in [-0.1, -0.05) is 45.9 Å². The molecule has 2 heterocycles. The van der Waals surface area contributed by atoms with Crippen molar-refractivity contribution in [1.82, 2.24) is 14.9 Å². The second-order valence-corrected chi connectivity index (χ2v) is 5.47. The Balaban J connectivity index is 0.000000614. The van der Waals surface area contributed by atoms with E-state index < -0.39 is 0 Å². The number of carbonyl (C=O) groups excluding carboxylic acids is 1. The summed E-state index contributed by atoms with van der Waals surface area (Å²) in [6, 6.07) is 15.1. The van der Waals surface area contributed by atoms with Gasteiger partial charge in [0.15, 0.2) is 0 Å². The van der Waals surface area contributed by atoms with Crippen molar-refractivity contribution >= 4 is 5.91 Å². The van der Waals surface area contributed by atoms with Crippen LogP contribution in [-0.2, 0) is 13.1 Å². The van der Waals surface area contributed by atoms with E-state index in [0.717, 1.165) is 17.0 Å². The van der Waals surface area contributed by atoms with Crippen LogP contribution in [0.1, 0.15) is 49.3 Å². The molecule has 0 saturated carbocycles. The quantitative estimate of drug-likeness (QED) is 0.608. The van der Waals surface area contributed by atoms with Crippen molar-refractivity contribution in [2.75, 3.05) is 0 Å². The average molecular weight is 365 g/mol. The fourth-order valence-corrected chi connectivity index (χ4v) is 2.65. The fraction of sp³-hybridized carbons (Fsp3) is 0.273. The maximum atomic E-state index is 12.3. The van der Waals surface area contributed by atoms with Gasteiger partial charge >= 0.3 is 0 Å². The highest BCUT2D eigenvalue weighted by molar-refractivity contribution is 5.94. The molecule has 0 saturated heterocycles. The zero-order valence-electron chi connectivity index (χ0n) is 16.4. The minimum Gasteiger partial charge on any atom is -0.457 e. The Hall–Kier alpha value is -3.08. The lowest BCUT2D eigenvalue weighted by molar-refractivity contribution is 0.0950. The van der Waals surface area contributed by atoms with Gasteiger partial charge in [0.05, 0.1) is 18.6 Å². The van der Waals surface area contributed by atoms with Crippen LogP contribution in [0.4, 0.5) is 0 Å². The second-order valence-electron chi connectivity index (χ2n) is 5.47. The topological polar surface area (TPSA) is 56.2 Å². The van der Waals surface area contributed by atoms with Gasteiger partial charge in [0.2, 0.25) is 0 Å². The molecule has 0 atom stereocenters. The van der Waals surface area contributed by atoms with Crippen LogP contribution in [0.2, 0.25) is 0 Å². The zero-order chi connectivity index (χ0) is 19.6. The van der Waals surface area contributed by atoms with Gasteiger partial charge in [-0.15, -0.1) is 0 Å². The fourth-order valence-electron chi connectivity index (χ4n) is 2.65. The molecule has 5 heteroatoms. The van der Waals surface area contributed by atoms with Gasteiger partial charge in [0, 0.05) is 18.3 Å². The molecule has 27 heavy (non-hydrogen) atoms. The van der Waals surface area contributed by atoms with Crippen LogP contribution in [0.25, 0.3) is 0 Å². The van der Waals surface area contributed by atoms with Crippen LogP contribution >= 0.6 is 0 Å². The van der Waals surface area contributed by atoms with Gasteiger partial charge in [-0.25, -0.2) is 4.98 Å². The molecule has 5 nitrogen and oxygen atoms in total. The molecule has 1 N–H and O–H groups in total. The van der Waals surface area contributed by atoms with Gasteiger partial charge in [-0.3, -0.25) is 4.79 Å². The molecule has 2 aromatic carbocycles. The summed E-state index contributed by atoms with van der Waals surface area (Å²) >= 11 is 0. The summed E-state index contributed by atoms with van der Waals surface area (Å²) in [5, 5.41) is 2.92. The van der Waals surface area contributed by atoms with E-state index in [9.17, 15) is 4.79 Å². The third kappa shape index (κ3) is 5.20. The largest absolute Gasteiger partial charge is 0.457 e. The Kier molecular flexibility index (Phi) is 7.62. The first-order valence-electron chi connectivity index (χ1n) is 9.42. The third-order valence-corrected chi connectivity index (χ3v) is 3.81. The van der Waals surface area contributed by atoms with Gasteiger partial charge < -0.3 is 14.6 Å². The Morgan fingerprint density at radius 3 is 2.48 bits per heavy atom. The summed E-state index contributed by atoms with van der Waals surface area (Å²) in [4.78, 5) is 16.5. The first-order valence-corrected chi connectivity index (χ1v) is 9.42. The van der Waals surface area contributed by atoms with Crippen LogP contribution in [0, 0.1) is 0 Å². The lowest BCUT2D eigenvalue weighted by Crippen LogP contribution is -2.24. The number of rotatable bonds is 0. The standard InChI is InChI=1S/C18H15N3O2.2C2H6/c22-18-14-4-2-6-17(8-14)23-16-5-1-3-13(7-16)11-21-12-19-9-15(21)10-20-18;2*1-2/h1-9,12H,10-11H2,(H,20,22);2*1-2H3. The Bertz CT molecular complexity index is 871. The number of hydrogen-bond donors (Lipinski definition) is 1. The molecule has 4 bridgehead atoms. The van der Waals surface area contributed by atoms with E-state index >= 15 is 0 Å². The van der Waals surface area contributed by atoms with Gasteiger partial charge in [0.1, 0.15) is 11.5 Å². The van der Waals surface area contributed by atoms with Crippen molar-refractivity contribution in [3.8, 4) is 11.5 Å². The molecule has 0 fully saturated rings. The van der Waals surface area contributed by atoms with Crippen molar-refractivity contribution in [2.24, 2.45) is 0 Å². The summed E-state index contributed by atoms with van der Waals surface area (Å²) in [5.74, 6) is 1.27. The number of fused-ring (bicyclic) bond motifs is 5. The monoisotopic (exact) mass is 365 g/mol. The first kappa shape index (κ1) is 20.2. The molecular weight excluding hydrogens is 338 g/mol. The molecule has 1 aliphatic heterocycles. The van der Waals surface area contributed by atoms with E-state index in [0.29, 0.717) is 24.4 Å². The Morgan fingerprint density at radius 2 is 1.70 bits per heavy atom. The molecule has 142 valence electrons. The number of imidazole rings is 1. The highest BCUT2D eigenvalue weighted by Crippen LogP contribution is 2.24. The molecule has 3 aromatic rings. The molecular formula is C22H27N3O2. The third-order valence-electron chi connectivity index (χ3n) is 3.81. The normalized spacial score (nSPS) is 12.1. The number of carbonyl (C=O) groups is 1. The highest BCUT2D eigenvalue weighted by atomic mass is 16.5. The maximum absolute atomic E-state index is 12.3. The summed E-state index contributed by atoms with van der Waals surface area (Å²) in [7, 11) is 0. The Labute approximate surface area is 161 Å². The minimum atomic E-state index is -0.130. The van der Waals surface area contributed by atoms with Gasteiger partial charge in [-0.05, 0) is 35.9 Å². The van der Waals surface area contributed by atoms with E-state index in [1.807, 2.05) is 68.7 Å². The Morgan fingerprint density at radius 1 is 1.00 bits per heavy atom. The smallest absolute Gasteiger partial charge is 0.251 e. The number of nitrogens with one attached hydrogen (secondary N) is 1. The van der Waals surface area contributed by atoms with Crippen molar-refractivity contribution in [1.29, 1.82) is 0 Å². The SMILES string of the molecule is CC.CC.O=C1NCc2cncn2Cc2cccc(c2)Oc2cccc1c2. The van der Waals surface area contributed by atoms with Crippen molar-refractivity contribution in [2.45, 2.75) is 40.8 Å². The van der Waals surface area contributed by atoms with E-state index in [1.54, 1.807) is 24.7 Å². The van der Waals surface area contributed by atoms with E-state index in [-0.39, 0.29) is 5.91 Å². The lowest BCUT2D eigenvalue weighted by Gasteiger charge is -2.09. The van der Waals surface area contributed by atoms with E-state index in [1.165, 1.54) is 0 Å². The van der Waals surface area contributed by atoms with Gasteiger partial charge in [-0.2, -0.15) is 0 Å². The van der Waals surface area contributed by atoms with Crippen molar-refractivity contribution in [3.63, 3.8) is 0 Å². The molecule has 1 amide bonds.